The van der Waals surface area contributed by atoms with Crippen molar-refractivity contribution in [3.05, 3.63) is 67.3 Å². The van der Waals surface area contributed by atoms with Crippen LogP contribution in [0.1, 0.15) is 0 Å². The van der Waals surface area contributed by atoms with E-state index in [9.17, 15) is 4.79 Å². The van der Waals surface area contributed by atoms with E-state index in [1.807, 2.05) is 42.5 Å². The molecule has 0 saturated carbocycles. The van der Waals surface area contributed by atoms with Gasteiger partial charge >= 0.3 is 6.03 Å². The van der Waals surface area contributed by atoms with E-state index in [1.165, 1.54) is 0 Å². The summed E-state index contributed by atoms with van der Waals surface area (Å²) in [7, 11) is 0. The summed E-state index contributed by atoms with van der Waals surface area (Å²) in [4.78, 5) is 11.9. The number of urea groups is 1. The number of carbonyl (C=O) groups excluding carboxylic acids is 1. The lowest BCUT2D eigenvalue weighted by molar-refractivity contribution is 0.262. The number of hydrogen-bond donors (Lipinski definition) is 2. The molecule has 0 bridgehead atoms. The number of amides is 2. The highest BCUT2D eigenvalue weighted by molar-refractivity contribution is 6.00. The first-order chi connectivity index (χ1) is 9.79. The Balaban J connectivity index is 2.02. The molecule has 102 valence electrons. The molecular formula is C16H16N2O2. The highest BCUT2D eigenvalue weighted by atomic mass is 16.5. The van der Waals surface area contributed by atoms with Crippen molar-refractivity contribution in [3.8, 4) is 5.75 Å². The topological polar surface area (TPSA) is 50.4 Å². The summed E-state index contributed by atoms with van der Waals surface area (Å²) in [6.07, 6.45) is 1.65. The van der Waals surface area contributed by atoms with Gasteiger partial charge in [-0.15, -0.1) is 0 Å². The van der Waals surface area contributed by atoms with Crippen LogP contribution in [0.5, 0.6) is 5.75 Å². The number of para-hydroxylation sites is 3. The SMILES string of the molecule is C=CCOc1ccccc1NC(=O)Nc1ccccc1. The Morgan fingerprint density at radius 1 is 1.05 bits per heavy atom. The average molecular weight is 268 g/mol. The van der Waals surface area contributed by atoms with Crippen LogP contribution in [-0.4, -0.2) is 12.6 Å². The maximum atomic E-state index is 11.9. The number of ether oxygens (including phenoxy) is 1. The lowest BCUT2D eigenvalue weighted by atomic mass is 10.3. The fourth-order valence-electron chi connectivity index (χ4n) is 1.65. The minimum Gasteiger partial charge on any atom is -0.487 e. The number of carbonyl (C=O) groups is 1. The summed E-state index contributed by atoms with van der Waals surface area (Å²) >= 11 is 0. The Kier molecular flexibility index (Phi) is 4.78. The van der Waals surface area contributed by atoms with Crippen molar-refractivity contribution >= 4 is 17.4 Å². The van der Waals surface area contributed by atoms with Crippen LogP contribution in [0.2, 0.25) is 0 Å². The fourth-order valence-corrected chi connectivity index (χ4v) is 1.65. The zero-order valence-electron chi connectivity index (χ0n) is 11.0. The Morgan fingerprint density at radius 2 is 1.75 bits per heavy atom. The van der Waals surface area contributed by atoms with Gasteiger partial charge < -0.3 is 15.4 Å². The quantitative estimate of drug-likeness (QED) is 0.808. The molecule has 0 heterocycles. The number of anilines is 2. The van der Waals surface area contributed by atoms with E-state index in [4.69, 9.17) is 4.74 Å². The van der Waals surface area contributed by atoms with Crippen LogP contribution in [-0.2, 0) is 0 Å². The van der Waals surface area contributed by atoms with Crippen molar-refractivity contribution < 1.29 is 9.53 Å². The van der Waals surface area contributed by atoms with Crippen molar-refractivity contribution in [3.63, 3.8) is 0 Å². The largest absolute Gasteiger partial charge is 0.487 e. The third-order valence-corrected chi connectivity index (χ3v) is 2.52. The normalized spacial score (nSPS) is 9.60. The van der Waals surface area contributed by atoms with Gasteiger partial charge in [0.2, 0.25) is 0 Å². The van der Waals surface area contributed by atoms with Crippen molar-refractivity contribution in [2.75, 3.05) is 17.2 Å². The first-order valence-electron chi connectivity index (χ1n) is 6.25. The Hall–Kier alpha value is -2.75. The molecule has 0 atom stereocenters. The zero-order valence-corrected chi connectivity index (χ0v) is 11.0. The lowest BCUT2D eigenvalue weighted by Crippen LogP contribution is -2.19. The van der Waals surface area contributed by atoms with Crippen molar-refractivity contribution in [2.45, 2.75) is 0 Å². The molecule has 0 aliphatic heterocycles. The van der Waals surface area contributed by atoms with Crippen molar-refractivity contribution in [1.29, 1.82) is 0 Å². The monoisotopic (exact) mass is 268 g/mol. The van der Waals surface area contributed by atoms with Crippen LogP contribution < -0.4 is 15.4 Å². The summed E-state index contributed by atoms with van der Waals surface area (Å²) < 4.78 is 5.48. The number of nitrogens with one attached hydrogen (secondary N) is 2. The molecule has 0 aromatic heterocycles. The van der Waals surface area contributed by atoms with E-state index in [0.29, 0.717) is 18.0 Å². The molecule has 0 radical (unpaired) electrons. The van der Waals surface area contributed by atoms with Gasteiger partial charge in [0, 0.05) is 5.69 Å². The first kappa shape index (κ1) is 13.7. The van der Waals surface area contributed by atoms with E-state index < -0.39 is 0 Å². The van der Waals surface area contributed by atoms with Gasteiger partial charge in [0.15, 0.2) is 0 Å². The Morgan fingerprint density at radius 3 is 2.50 bits per heavy atom. The molecule has 0 unspecified atom stereocenters. The predicted molar refractivity (Wildman–Crippen MR) is 81.2 cm³/mol. The molecular weight excluding hydrogens is 252 g/mol. The van der Waals surface area contributed by atoms with Crippen molar-refractivity contribution in [1.82, 2.24) is 0 Å². The van der Waals surface area contributed by atoms with Crippen LogP contribution >= 0.6 is 0 Å². The molecule has 0 fully saturated rings. The second-order valence-corrected chi connectivity index (χ2v) is 4.04. The molecule has 2 aromatic carbocycles. The highest BCUT2D eigenvalue weighted by Crippen LogP contribution is 2.23. The van der Waals surface area contributed by atoms with E-state index in [1.54, 1.807) is 18.2 Å². The Bertz CT molecular complexity index is 582. The van der Waals surface area contributed by atoms with Gasteiger partial charge in [-0.1, -0.05) is 43.0 Å². The maximum absolute atomic E-state index is 11.9. The van der Waals surface area contributed by atoms with Crippen molar-refractivity contribution in [2.24, 2.45) is 0 Å². The summed E-state index contributed by atoms with van der Waals surface area (Å²) in [6.45, 7) is 3.99. The summed E-state index contributed by atoms with van der Waals surface area (Å²) in [5.41, 5.74) is 1.34. The predicted octanol–water partition coefficient (Wildman–Crippen LogP) is 3.90. The minimum absolute atomic E-state index is 0.314. The smallest absolute Gasteiger partial charge is 0.323 e. The van der Waals surface area contributed by atoms with E-state index in [0.717, 1.165) is 5.69 Å². The maximum Gasteiger partial charge on any atom is 0.323 e. The molecule has 0 spiro atoms. The van der Waals surface area contributed by atoms with E-state index >= 15 is 0 Å². The lowest BCUT2D eigenvalue weighted by Gasteiger charge is -2.12. The van der Waals surface area contributed by atoms with Crippen LogP contribution in [0.15, 0.2) is 67.3 Å². The van der Waals surface area contributed by atoms with Crippen LogP contribution in [0, 0.1) is 0 Å². The van der Waals surface area contributed by atoms with Gasteiger partial charge in [0.05, 0.1) is 5.69 Å². The van der Waals surface area contributed by atoms with E-state index in [2.05, 4.69) is 17.2 Å². The van der Waals surface area contributed by atoms with Gasteiger partial charge in [-0.25, -0.2) is 4.79 Å². The molecule has 0 saturated heterocycles. The fraction of sp³-hybridized carbons (Fsp3) is 0.0625. The van der Waals surface area contributed by atoms with Gasteiger partial charge in [0.25, 0.3) is 0 Å². The second-order valence-electron chi connectivity index (χ2n) is 4.04. The number of rotatable bonds is 5. The Labute approximate surface area is 118 Å². The molecule has 4 heteroatoms. The van der Waals surface area contributed by atoms with E-state index in [-0.39, 0.29) is 6.03 Å². The van der Waals surface area contributed by atoms with Gasteiger partial charge in [-0.2, -0.15) is 0 Å². The van der Waals surface area contributed by atoms with Crippen LogP contribution in [0.25, 0.3) is 0 Å². The summed E-state index contributed by atoms with van der Waals surface area (Å²) in [5, 5.41) is 5.51. The second kappa shape index (κ2) is 6.99. The molecule has 20 heavy (non-hydrogen) atoms. The van der Waals surface area contributed by atoms with Crippen LogP contribution in [0.3, 0.4) is 0 Å². The highest BCUT2D eigenvalue weighted by Gasteiger charge is 2.07. The molecule has 0 aliphatic rings. The first-order valence-corrected chi connectivity index (χ1v) is 6.25. The minimum atomic E-state index is -0.314. The molecule has 2 amide bonds. The third kappa shape index (κ3) is 3.88. The molecule has 2 N–H and O–H groups in total. The standard InChI is InChI=1S/C16H16N2O2/c1-2-12-20-15-11-7-6-10-14(15)18-16(19)17-13-8-4-3-5-9-13/h2-11H,1,12H2,(H2,17,18,19). The summed E-state index contributed by atoms with van der Waals surface area (Å²) in [5.74, 6) is 0.607. The molecule has 2 rings (SSSR count). The summed E-state index contributed by atoms with van der Waals surface area (Å²) in [6, 6.07) is 16.2. The third-order valence-electron chi connectivity index (χ3n) is 2.52. The van der Waals surface area contributed by atoms with Gasteiger partial charge in [0.1, 0.15) is 12.4 Å². The number of hydrogen-bond acceptors (Lipinski definition) is 2. The molecule has 4 nitrogen and oxygen atoms in total. The molecule has 2 aromatic rings. The molecule has 0 aliphatic carbocycles. The number of benzene rings is 2. The van der Waals surface area contributed by atoms with Gasteiger partial charge in [-0.3, -0.25) is 0 Å². The average Bonchev–Trinajstić information content (AvgIpc) is 2.47. The van der Waals surface area contributed by atoms with Crippen LogP contribution in [0.4, 0.5) is 16.2 Å². The zero-order chi connectivity index (χ0) is 14.2. The van der Waals surface area contributed by atoms with Gasteiger partial charge in [-0.05, 0) is 24.3 Å².